The number of ether oxygens (including phenoxy) is 1. The number of aromatic carboxylic acids is 1. The molecule has 2 N–H and O–H groups in total. The lowest BCUT2D eigenvalue weighted by Crippen LogP contribution is -2.40. The number of carboxylic acids is 1. The van der Waals surface area contributed by atoms with Gasteiger partial charge in [-0.25, -0.2) is 9.59 Å². The van der Waals surface area contributed by atoms with Gasteiger partial charge in [0.2, 0.25) is 0 Å². The lowest BCUT2D eigenvalue weighted by Gasteiger charge is -2.16. The second-order valence-electron chi connectivity index (χ2n) is 5.04. The van der Waals surface area contributed by atoms with Crippen LogP contribution in [0.15, 0.2) is 18.5 Å². The third-order valence-electron chi connectivity index (χ3n) is 3.03. The van der Waals surface area contributed by atoms with Crippen LogP contribution >= 0.6 is 0 Å². The lowest BCUT2D eigenvalue weighted by molar-refractivity contribution is -0.130. The van der Waals surface area contributed by atoms with Crippen LogP contribution in [-0.4, -0.2) is 51.6 Å². The van der Waals surface area contributed by atoms with E-state index in [0.29, 0.717) is 0 Å². The molecule has 1 aromatic rings. The molecule has 1 aromatic heterocycles. The van der Waals surface area contributed by atoms with Gasteiger partial charge in [0.15, 0.2) is 5.75 Å². The highest BCUT2D eigenvalue weighted by Gasteiger charge is 2.43. The summed E-state index contributed by atoms with van der Waals surface area (Å²) >= 11 is 0. The van der Waals surface area contributed by atoms with E-state index in [2.05, 4.69) is 10.3 Å². The Balaban J connectivity index is 1.98. The van der Waals surface area contributed by atoms with E-state index >= 15 is 0 Å². The Kier molecular flexibility index (Phi) is 3.79. The first kappa shape index (κ1) is 14.8. The summed E-state index contributed by atoms with van der Waals surface area (Å²) in [7, 11) is 0. The van der Waals surface area contributed by atoms with Crippen molar-refractivity contribution in [3.8, 4) is 5.75 Å². The fourth-order valence-electron chi connectivity index (χ4n) is 1.94. The predicted octanol–water partition coefficient (Wildman–Crippen LogP) is 0.489. The average molecular weight is 293 g/mol. The van der Waals surface area contributed by atoms with Crippen molar-refractivity contribution < 1.29 is 24.2 Å². The highest BCUT2D eigenvalue weighted by Crippen LogP contribution is 2.18. The molecule has 0 atom stereocenters. The van der Waals surface area contributed by atoms with E-state index in [9.17, 15) is 14.4 Å². The Hall–Kier alpha value is -2.64. The van der Waals surface area contributed by atoms with Crippen molar-refractivity contribution in [2.75, 3.05) is 13.2 Å². The first-order valence-corrected chi connectivity index (χ1v) is 6.27. The summed E-state index contributed by atoms with van der Waals surface area (Å²) in [6, 6.07) is 0.826. The van der Waals surface area contributed by atoms with Gasteiger partial charge in [-0.1, -0.05) is 0 Å². The molecule has 8 nitrogen and oxygen atoms in total. The maximum atomic E-state index is 11.9. The number of carbonyl (C=O) groups is 3. The topological polar surface area (TPSA) is 109 Å². The quantitative estimate of drug-likeness (QED) is 0.765. The van der Waals surface area contributed by atoms with Crippen molar-refractivity contribution in [3.05, 3.63) is 24.0 Å². The van der Waals surface area contributed by atoms with E-state index in [4.69, 9.17) is 9.84 Å². The number of nitrogens with one attached hydrogen (secondary N) is 1. The maximum Gasteiger partial charge on any atom is 0.339 e. The molecule has 0 aromatic carbocycles. The van der Waals surface area contributed by atoms with Gasteiger partial charge in [0.05, 0.1) is 12.7 Å². The monoisotopic (exact) mass is 293 g/mol. The molecule has 8 heteroatoms. The van der Waals surface area contributed by atoms with Gasteiger partial charge < -0.3 is 15.2 Å². The number of nitrogens with zero attached hydrogens (tertiary/aromatic N) is 2. The molecule has 0 radical (unpaired) electrons. The van der Waals surface area contributed by atoms with Crippen LogP contribution in [0.5, 0.6) is 5.75 Å². The molecule has 0 saturated carbocycles. The second kappa shape index (κ2) is 5.39. The molecular formula is C13H15N3O5. The van der Waals surface area contributed by atoms with Crippen LogP contribution in [0.25, 0.3) is 0 Å². The van der Waals surface area contributed by atoms with E-state index in [1.54, 1.807) is 13.8 Å². The smallest absolute Gasteiger partial charge is 0.339 e. The Morgan fingerprint density at radius 1 is 1.48 bits per heavy atom. The number of urea groups is 1. The number of carbonyl (C=O) groups excluding carboxylic acids is 2. The fraction of sp³-hybridized carbons (Fsp3) is 0.385. The maximum absolute atomic E-state index is 11.9. The van der Waals surface area contributed by atoms with Gasteiger partial charge in [0.25, 0.3) is 5.91 Å². The summed E-state index contributed by atoms with van der Waals surface area (Å²) in [5, 5.41) is 11.5. The minimum absolute atomic E-state index is 0.0127. The summed E-state index contributed by atoms with van der Waals surface area (Å²) in [6.07, 6.45) is 2.62. The molecule has 0 spiro atoms. The van der Waals surface area contributed by atoms with E-state index < -0.39 is 17.5 Å². The van der Waals surface area contributed by atoms with Crippen LogP contribution in [0.4, 0.5) is 4.79 Å². The van der Waals surface area contributed by atoms with Crippen molar-refractivity contribution in [1.82, 2.24) is 15.2 Å². The molecule has 112 valence electrons. The number of rotatable bonds is 5. The Morgan fingerprint density at radius 2 is 2.19 bits per heavy atom. The van der Waals surface area contributed by atoms with Crippen molar-refractivity contribution >= 4 is 17.9 Å². The molecule has 0 aliphatic carbocycles. The van der Waals surface area contributed by atoms with Crippen molar-refractivity contribution in [3.63, 3.8) is 0 Å². The highest BCUT2D eigenvalue weighted by molar-refractivity contribution is 6.06. The summed E-state index contributed by atoms with van der Waals surface area (Å²) in [5.41, 5.74) is -0.958. The first-order valence-electron chi connectivity index (χ1n) is 6.27. The van der Waals surface area contributed by atoms with E-state index in [0.717, 1.165) is 4.90 Å². The molecule has 2 rings (SSSR count). The number of hydrogen-bond acceptors (Lipinski definition) is 5. The highest BCUT2D eigenvalue weighted by atomic mass is 16.5. The van der Waals surface area contributed by atoms with Gasteiger partial charge in [0, 0.05) is 6.20 Å². The molecule has 21 heavy (non-hydrogen) atoms. The standard InChI is InChI=1S/C13H15N3O5/c1-13(2)11(19)16(12(20)15-13)5-6-21-9-7-14-4-3-8(9)10(17)18/h3-4,7H,5-6H2,1-2H3,(H,15,20)(H,17,18). The zero-order valence-corrected chi connectivity index (χ0v) is 11.6. The Morgan fingerprint density at radius 3 is 2.76 bits per heavy atom. The van der Waals surface area contributed by atoms with Crippen LogP contribution in [0.2, 0.25) is 0 Å². The summed E-state index contributed by atoms with van der Waals surface area (Å²) in [5.74, 6) is -1.39. The summed E-state index contributed by atoms with van der Waals surface area (Å²) in [4.78, 5) is 39.4. The Labute approximate surface area is 120 Å². The molecule has 3 amide bonds. The fourth-order valence-corrected chi connectivity index (χ4v) is 1.94. The zero-order chi connectivity index (χ0) is 15.6. The number of amides is 3. The molecule has 1 saturated heterocycles. The number of hydrogen-bond donors (Lipinski definition) is 2. The van der Waals surface area contributed by atoms with Crippen LogP contribution in [0.1, 0.15) is 24.2 Å². The minimum Gasteiger partial charge on any atom is -0.489 e. The van der Waals surface area contributed by atoms with Gasteiger partial charge in [-0.2, -0.15) is 0 Å². The second-order valence-corrected chi connectivity index (χ2v) is 5.04. The Bertz CT molecular complexity index is 599. The van der Waals surface area contributed by atoms with Gasteiger partial charge in [-0.15, -0.1) is 0 Å². The molecule has 1 aliphatic heterocycles. The van der Waals surface area contributed by atoms with Crippen molar-refractivity contribution in [2.45, 2.75) is 19.4 Å². The van der Waals surface area contributed by atoms with E-state index in [-0.39, 0.29) is 30.4 Å². The average Bonchev–Trinajstić information content (AvgIpc) is 2.61. The van der Waals surface area contributed by atoms with Crippen molar-refractivity contribution in [2.24, 2.45) is 0 Å². The third kappa shape index (κ3) is 2.93. The first-order chi connectivity index (χ1) is 9.83. The number of pyridine rings is 1. The summed E-state index contributed by atoms with van der Waals surface area (Å²) in [6.45, 7) is 3.23. The van der Waals surface area contributed by atoms with Crippen LogP contribution in [-0.2, 0) is 4.79 Å². The molecule has 2 heterocycles. The van der Waals surface area contributed by atoms with Gasteiger partial charge in [-0.3, -0.25) is 14.7 Å². The molecule has 1 aliphatic rings. The van der Waals surface area contributed by atoms with Crippen LogP contribution in [0, 0.1) is 0 Å². The minimum atomic E-state index is -1.14. The van der Waals surface area contributed by atoms with Gasteiger partial charge in [-0.05, 0) is 19.9 Å². The van der Waals surface area contributed by atoms with Crippen molar-refractivity contribution in [1.29, 1.82) is 0 Å². The van der Waals surface area contributed by atoms with Crippen LogP contribution in [0.3, 0.4) is 0 Å². The SMILES string of the molecule is CC1(C)NC(=O)N(CCOc2cnccc2C(=O)O)C1=O. The predicted molar refractivity (Wildman–Crippen MR) is 71.0 cm³/mol. The molecule has 0 bridgehead atoms. The third-order valence-corrected chi connectivity index (χ3v) is 3.03. The normalized spacial score (nSPS) is 16.8. The number of imide groups is 1. The van der Waals surface area contributed by atoms with Crippen LogP contribution < -0.4 is 10.1 Å². The summed E-state index contributed by atoms with van der Waals surface area (Å²) < 4.78 is 5.31. The van der Waals surface area contributed by atoms with Gasteiger partial charge >= 0.3 is 12.0 Å². The number of carboxylic acid groups (broad SMARTS) is 1. The number of aromatic nitrogens is 1. The molecular weight excluding hydrogens is 278 g/mol. The van der Waals surface area contributed by atoms with E-state index in [1.165, 1.54) is 18.5 Å². The zero-order valence-electron chi connectivity index (χ0n) is 11.6. The lowest BCUT2D eigenvalue weighted by atomic mass is 10.1. The largest absolute Gasteiger partial charge is 0.489 e. The molecule has 1 fully saturated rings. The van der Waals surface area contributed by atoms with E-state index in [1.807, 2.05) is 0 Å². The molecule has 0 unspecified atom stereocenters. The van der Waals surface area contributed by atoms with Gasteiger partial charge in [0.1, 0.15) is 17.7 Å².